The summed E-state index contributed by atoms with van der Waals surface area (Å²) in [5.41, 5.74) is 2.80. The van der Waals surface area contributed by atoms with Crippen molar-refractivity contribution in [1.82, 2.24) is 13.9 Å². The molecule has 0 saturated carbocycles. The van der Waals surface area contributed by atoms with Gasteiger partial charge in [-0.2, -0.15) is 4.31 Å². The van der Waals surface area contributed by atoms with Gasteiger partial charge in [0.15, 0.2) is 0 Å². The number of aromatic nitrogens is 2. The van der Waals surface area contributed by atoms with E-state index in [1.807, 2.05) is 31.2 Å². The van der Waals surface area contributed by atoms with Gasteiger partial charge in [-0.3, -0.25) is 4.79 Å². The van der Waals surface area contributed by atoms with Gasteiger partial charge in [0.25, 0.3) is 5.91 Å². The van der Waals surface area contributed by atoms with Gasteiger partial charge < -0.3 is 9.88 Å². The molecule has 0 aliphatic carbocycles. The molecule has 1 fully saturated rings. The molecule has 0 spiro atoms. The molecule has 1 aromatic heterocycles. The van der Waals surface area contributed by atoms with Crippen LogP contribution in [0.25, 0.3) is 11.3 Å². The normalized spacial score (nSPS) is 18.9. The number of nitrogens with one attached hydrogen (secondary N) is 1. The lowest BCUT2D eigenvalue weighted by Crippen LogP contribution is -2.41. The predicted octanol–water partition coefficient (Wildman–Crippen LogP) is 4.70. The molecule has 1 unspecified atom stereocenters. The van der Waals surface area contributed by atoms with E-state index >= 15 is 0 Å². The maximum Gasteiger partial charge on any atom is 0.255 e. The molecular formula is C26H30N4O3S. The summed E-state index contributed by atoms with van der Waals surface area (Å²) in [5, 5.41) is 2.92. The van der Waals surface area contributed by atoms with Crippen molar-refractivity contribution in [2.45, 2.75) is 62.9 Å². The van der Waals surface area contributed by atoms with Crippen LogP contribution >= 0.6 is 0 Å². The highest BCUT2D eigenvalue weighted by Gasteiger charge is 2.31. The minimum absolute atomic E-state index is 0.0346. The molecule has 5 rings (SSSR count). The van der Waals surface area contributed by atoms with E-state index in [-0.39, 0.29) is 16.8 Å². The Hall–Kier alpha value is -2.97. The van der Waals surface area contributed by atoms with Crippen molar-refractivity contribution in [1.29, 1.82) is 0 Å². The number of rotatable bonds is 5. The highest BCUT2D eigenvalue weighted by atomic mass is 32.2. The van der Waals surface area contributed by atoms with E-state index < -0.39 is 10.0 Å². The van der Waals surface area contributed by atoms with Gasteiger partial charge in [0.1, 0.15) is 5.82 Å². The highest BCUT2D eigenvalue weighted by molar-refractivity contribution is 7.89. The van der Waals surface area contributed by atoms with Crippen LogP contribution in [0.2, 0.25) is 0 Å². The lowest BCUT2D eigenvalue weighted by Gasteiger charge is -2.32. The second-order valence-electron chi connectivity index (χ2n) is 9.22. The zero-order valence-electron chi connectivity index (χ0n) is 19.4. The molecule has 1 amide bonds. The van der Waals surface area contributed by atoms with Gasteiger partial charge in [-0.1, -0.05) is 24.6 Å². The predicted molar refractivity (Wildman–Crippen MR) is 132 cm³/mol. The third kappa shape index (κ3) is 4.52. The Morgan fingerprint density at radius 1 is 1.03 bits per heavy atom. The monoisotopic (exact) mass is 478 g/mol. The molecule has 3 heterocycles. The quantitative estimate of drug-likeness (QED) is 0.576. The summed E-state index contributed by atoms with van der Waals surface area (Å²) in [7, 11) is -3.64. The number of hydrogen-bond donors (Lipinski definition) is 1. The highest BCUT2D eigenvalue weighted by Crippen LogP contribution is 2.27. The minimum atomic E-state index is -3.64. The number of amides is 1. The third-order valence-electron chi connectivity index (χ3n) is 6.77. The van der Waals surface area contributed by atoms with Crippen molar-refractivity contribution in [3.05, 3.63) is 66.1 Å². The van der Waals surface area contributed by atoms with Crippen LogP contribution in [0, 0.1) is 0 Å². The van der Waals surface area contributed by atoms with E-state index in [4.69, 9.17) is 4.98 Å². The van der Waals surface area contributed by atoms with Crippen LogP contribution in [-0.4, -0.2) is 40.8 Å². The van der Waals surface area contributed by atoms with E-state index in [2.05, 4.69) is 16.1 Å². The van der Waals surface area contributed by atoms with Gasteiger partial charge in [-0.25, -0.2) is 13.4 Å². The van der Waals surface area contributed by atoms with Crippen molar-refractivity contribution in [2.24, 2.45) is 0 Å². The van der Waals surface area contributed by atoms with Crippen LogP contribution in [0.1, 0.15) is 55.2 Å². The number of imidazole rings is 1. The smallest absolute Gasteiger partial charge is 0.255 e. The zero-order valence-corrected chi connectivity index (χ0v) is 20.2. The summed E-state index contributed by atoms with van der Waals surface area (Å²) in [4.78, 5) is 17.9. The van der Waals surface area contributed by atoms with E-state index in [0.29, 0.717) is 17.8 Å². The fourth-order valence-electron chi connectivity index (χ4n) is 4.87. The zero-order chi connectivity index (χ0) is 23.7. The Morgan fingerprint density at radius 2 is 1.85 bits per heavy atom. The van der Waals surface area contributed by atoms with Gasteiger partial charge in [-0.15, -0.1) is 0 Å². The lowest BCUT2D eigenvalue weighted by molar-refractivity contribution is 0.102. The number of piperidine rings is 1. The number of carbonyl (C=O) groups excluding carboxylic acids is 1. The minimum Gasteiger partial charge on any atom is -0.334 e. The van der Waals surface area contributed by atoms with Crippen molar-refractivity contribution in [2.75, 3.05) is 11.9 Å². The number of sulfonamides is 1. The number of carbonyl (C=O) groups is 1. The van der Waals surface area contributed by atoms with Gasteiger partial charge in [0.05, 0.1) is 10.6 Å². The summed E-state index contributed by atoms with van der Waals surface area (Å²) < 4.78 is 30.2. The first kappa shape index (κ1) is 22.8. The average molecular weight is 479 g/mol. The third-order valence-corrected chi connectivity index (χ3v) is 8.78. The first-order valence-electron chi connectivity index (χ1n) is 12.0. The first-order valence-corrected chi connectivity index (χ1v) is 13.5. The molecule has 7 nitrogen and oxygen atoms in total. The largest absolute Gasteiger partial charge is 0.334 e. The molecular weight excluding hydrogens is 448 g/mol. The standard InChI is InChI=1S/C26H30N4O3S/c1-19-8-2-5-15-30(19)34(32,33)23-12-7-10-21(17-23)26(31)27-22-11-6-9-20(16-22)24-18-29-14-4-3-13-25(29)28-24/h6-7,9-12,16-19H,2-5,8,13-15H2,1H3,(H,27,31). The second-order valence-corrected chi connectivity index (χ2v) is 11.1. The molecule has 0 bridgehead atoms. The van der Waals surface area contributed by atoms with Gasteiger partial charge in [-0.05, 0) is 62.9 Å². The number of benzene rings is 2. The topological polar surface area (TPSA) is 84.3 Å². The molecule has 34 heavy (non-hydrogen) atoms. The number of fused-ring (bicyclic) bond motifs is 1. The molecule has 178 valence electrons. The SMILES string of the molecule is CC1CCCCN1S(=O)(=O)c1cccc(C(=O)Nc2cccc(-c3cn4c(n3)CCCC4)c2)c1. The Bertz CT molecular complexity index is 1290. The number of anilines is 1. The molecule has 1 saturated heterocycles. The van der Waals surface area contributed by atoms with Gasteiger partial charge in [0, 0.05) is 48.6 Å². The van der Waals surface area contributed by atoms with E-state index in [1.54, 1.807) is 22.5 Å². The van der Waals surface area contributed by atoms with Gasteiger partial charge >= 0.3 is 0 Å². The molecule has 2 aliphatic heterocycles. The Morgan fingerprint density at radius 3 is 2.68 bits per heavy atom. The fraction of sp³-hybridized carbons (Fsp3) is 0.385. The first-order chi connectivity index (χ1) is 16.4. The molecule has 2 aliphatic rings. The second kappa shape index (κ2) is 9.35. The summed E-state index contributed by atoms with van der Waals surface area (Å²) in [5.74, 6) is 0.766. The Kier molecular flexibility index (Phi) is 6.27. The maximum absolute atomic E-state index is 13.2. The molecule has 2 aromatic carbocycles. The molecule has 3 aromatic rings. The van der Waals surface area contributed by atoms with Crippen LogP contribution in [0.5, 0.6) is 0 Å². The van der Waals surface area contributed by atoms with Crippen LogP contribution < -0.4 is 5.32 Å². The lowest BCUT2D eigenvalue weighted by atomic mass is 10.1. The fourth-order valence-corrected chi connectivity index (χ4v) is 6.62. The van der Waals surface area contributed by atoms with E-state index in [1.165, 1.54) is 12.5 Å². The van der Waals surface area contributed by atoms with Crippen molar-refractivity contribution < 1.29 is 13.2 Å². The van der Waals surface area contributed by atoms with Crippen molar-refractivity contribution >= 4 is 21.6 Å². The number of aryl methyl sites for hydroxylation is 2. The van der Waals surface area contributed by atoms with E-state index in [9.17, 15) is 13.2 Å². The number of hydrogen-bond acceptors (Lipinski definition) is 4. The maximum atomic E-state index is 13.2. The molecule has 0 radical (unpaired) electrons. The Balaban J connectivity index is 1.35. The average Bonchev–Trinajstić information content (AvgIpc) is 3.29. The van der Waals surface area contributed by atoms with Crippen LogP contribution in [-0.2, 0) is 23.0 Å². The number of nitrogens with zero attached hydrogens (tertiary/aromatic N) is 3. The Labute approximate surface area is 200 Å². The van der Waals surface area contributed by atoms with E-state index in [0.717, 1.165) is 55.7 Å². The van der Waals surface area contributed by atoms with Crippen LogP contribution in [0.3, 0.4) is 0 Å². The summed E-state index contributed by atoms with van der Waals surface area (Å²) in [6.07, 6.45) is 8.16. The van der Waals surface area contributed by atoms with Gasteiger partial charge in [0.2, 0.25) is 10.0 Å². The molecule has 1 N–H and O–H groups in total. The van der Waals surface area contributed by atoms with Crippen molar-refractivity contribution in [3.8, 4) is 11.3 Å². The van der Waals surface area contributed by atoms with Crippen LogP contribution in [0.4, 0.5) is 5.69 Å². The van der Waals surface area contributed by atoms with Crippen molar-refractivity contribution in [3.63, 3.8) is 0 Å². The summed E-state index contributed by atoms with van der Waals surface area (Å²) in [6, 6.07) is 13.9. The summed E-state index contributed by atoms with van der Waals surface area (Å²) >= 11 is 0. The molecule has 8 heteroatoms. The summed E-state index contributed by atoms with van der Waals surface area (Å²) in [6.45, 7) is 3.45. The molecule has 1 atom stereocenters. The van der Waals surface area contributed by atoms with Crippen LogP contribution in [0.15, 0.2) is 59.6 Å².